The monoisotopic (exact) mass is 383 g/mol. The number of benzene rings is 2. The van der Waals surface area contributed by atoms with E-state index in [4.69, 9.17) is 23.2 Å². The number of ketones is 1. The van der Waals surface area contributed by atoms with Crippen LogP contribution >= 0.6 is 23.2 Å². The summed E-state index contributed by atoms with van der Waals surface area (Å²) >= 11 is 12.3. The van der Waals surface area contributed by atoms with Crippen LogP contribution in [-0.2, 0) is 16.6 Å². The predicted molar refractivity (Wildman–Crippen MR) is 94.2 cm³/mol. The van der Waals surface area contributed by atoms with Gasteiger partial charge >= 0.3 is 0 Å². The number of nitrogens with zero attached hydrogens (tertiary/aromatic N) is 1. The Balaban J connectivity index is 2.06. The highest BCUT2D eigenvalue weighted by molar-refractivity contribution is 7.89. The average Bonchev–Trinajstić information content (AvgIpc) is 2.72. The fourth-order valence-corrected chi connectivity index (χ4v) is 4.63. The van der Waals surface area contributed by atoms with Gasteiger partial charge in [0.2, 0.25) is 10.0 Å². The third-order valence-corrected chi connectivity index (χ3v) is 6.59. The number of halogens is 2. The van der Waals surface area contributed by atoms with Crippen LogP contribution in [0.2, 0.25) is 10.0 Å². The standard InChI is InChI=1S/C17H15Cl2NO3S/c1-11-2-4-12(5-3-11)24(22,23)20-9-8-16(21)17-13(10-20)14(18)6-7-15(17)19/h2-7H,8-10H2,1H3. The zero-order valence-corrected chi connectivity index (χ0v) is 15.2. The van der Waals surface area contributed by atoms with E-state index in [0.717, 1.165) is 5.56 Å². The number of Topliss-reactive ketones (excluding diaryl/α,β-unsaturated/α-hetero) is 1. The van der Waals surface area contributed by atoms with Gasteiger partial charge in [-0.15, -0.1) is 0 Å². The van der Waals surface area contributed by atoms with E-state index in [0.29, 0.717) is 21.2 Å². The van der Waals surface area contributed by atoms with Crippen LogP contribution in [0.3, 0.4) is 0 Å². The molecule has 0 radical (unpaired) electrons. The molecule has 0 bridgehead atoms. The maximum absolute atomic E-state index is 12.9. The molecule has 0 spiro atoms. The van der Waals surface area contributed by atoms with Gasteiger partial charge in [-0.1, -0.05) is 40.9 Å². The van der Waals surface area contributed by atoms with Crippen LogP contribution in [0.1, 0.15) is 27.9 Å². The van der Waals surface area contributed by atoms with E-state index in [1.165, 1.54) is 4.31 Å². The van der Waals surface area contributed by atoms with Crippen molar-refractivity contribution in [3.8, 4) is 0 Å². The topological polar surface area (TPSA) is 54.5 Å². The van der Waals surface area contributed by atoms with Gasteiger partial charge in [0.15, 0.2) is 5.78 Å². The minimum Gasteiger partial charge on any atom is -0.294 e. The molecule has 0 unspecified atom stereocenters. The second-order valence-electron chi connectivity index (χ2n) is 5.71. The molecule has 1 heterocycles. The van der Waals surface area contributed by atoms with Gasteiger partial charge in [0.05, 0.1) is 9.92 Å². The van der Waals surface area contributed by atoms with Crippen molar-refractivity contribution in [3.05, 3.63) is 63.1 Å². The molecule has 2 aromatic rings. The Kier molecular flexibility index (Phi) is 4.71. The summed E-state index contributed by atoms with van der Waals surface area (Å²) in [6.45, 7) is 2.01. The minimum absolute atomic E-state index is 0.0245. The van der Waals surface area contributed by atoms with Crippen molar-refractivity contribution in [2.75, 3.05) is 6.54 Å². The van der Waals surface area contributed by atoms with Gasteiger partial charge in [-0.3, -0.25) is 4.79 Å². The van der Waals surface area contributed by atoms with E-state index in [-0.39, 0.29) is 30.2 Å². The van der Waals surface area contributed by atoms with Crippen molar-refractivity contribution < 1.29 is 13.2 Å². The minimum atomic E-state index is -3.72. The highest BCUT2D eigenvalue weighted by atomic mass is 35.5. The third-order valence-electron chi connectivity index (χ3n) is 4.07. The summed E-state index contributed by atoms with van der Waals surface area (Å²) in [6, 6.07) is 9.76. The Morgan fingerprint density at radius 2 is 1.62 bits per heavy atom. The molecule has 0 atom stereocenters. The smallest absolute Gasteiger partial charge is 0.243 e. The molecule has 4 nitrogen and oxygen atoms in total. The molecule has 24 heavy (non-hydrogen) atoms. The SMILES string of the molecule is Cc1ccc(S(=O)(=O)N2CCC(=O)c3c(Cl)ccc(Cl)c3C2)cc1. The fraction of sp³-hybridized carbons (Fsp3) is 0.235. The lowest BCUT2D eigenvalue weighted by Crippen LogP contribution is -2.31. The summed E-state index contributed by atoms with van der Waals surface area (Å²) in [7, 11) is -3.72. The lowest BCUT2D eigenvalue weighted by atomic mass is 10.0. The Labute approximate surface area is 151 Å². The number of hydrogen-bond donors (Lipinski definition) is 0. The van der Waals surface area contributed by atoms with Crippen molar-refractivity contribution in [3.63, 3.8) is 0 Å². The van der Waals surface area contributed by atoms with E-state index in [1.54, 1.807) is 36.4 Å². The van der Waals surface area contributed by atoms with Crippen LogP contribution in [0, 0.1) is 6.92 Å². The van der Waals surface area contributed by atoms with Crippen LogP contribution < -0.4 is 0 Å². The molecule has 0 fully saturated rings. The molecule has 3 rings (SSSR count). The molecule has 1 aliphatic rings. The van der Waals surface area contributed by atoms with Gasteiger partial charge in [0, 0.05) is 30.1 Å². The number of carbonyl (C=O) groups is 1. The van der Waals surface area contributed by atoms with Crippen molar-refractivity contribution in [1.29, 1.82) is 0 Å². The van der Waals surface area contributed by atoms with Crippen LogP contribution in [0.25, 0.3) is 0 Å². The number of aryl methyl sites for hydroxylation is 1. The molecule has 126 valence electrons. The first-order valence-corrected chi connectivity index (χ1v) is 9.57. The molecule has 0 saturated carbocycles. The maximum atomic E-state index is 12.9. The van der Waals surface area contributed by atoms with Crippen molar-refractivity contribution in [1.82, 2.24) is 4.31 Å². The summed E-state index contributed by atoms with van der Waals surface area (Å²) in [6.07, 6.45) is 0.0676. The van der Waals surface area contributed by atoms with Crippen LogP contribution in [0.15, 0.2) is 41.3 Å². The molecule has 1 aliphatic heterocycles. The first kappa shape index (κ1) is 17.4. The molecule has 0 saturated heterocycles. The summed E-state index contributed by atoms with van der Waals surface area (Å²) in [5.41, 5.74) is 1.76. The molecule has 0 aliphatic carbocycles. The quantitative estimate of drug-likeness (QED) is 0.784. The highest BCUT2D eigenvalue weighted by Gasteiger charge is 2.31. The average molecular weight is 384 g/mol. The number of fused-ring (bicyclic) bond motifs is 1. The van der Waals surface area contributed by atoms with Gasteiger partial charge in [0.1, 0.15) is 0 Å². The number of carbonyl (C=O) groups excluding carboxylic acids is 1. The predicted octanol–water partition coefficient (Wildman–Crippen LogP) is 4.08. The summed E-state index contributed by atoms with van der Waals surface area (Å²) in [4.78, 5) is 12.6. The van der Waals surface area contributed by atoms with Crippen molar-refractivity contribution in [2.24, 2.45) is 0 Å². The molecule has 0 N–H and O–H groups in total. The van der Waals surface area contributed by atoms with Crippen molar-refractivity contribution in [2.45, 2.75) is 24.8 Å². The van der Waals surface area contributed by atoms with E-state index in [9.17, 15) is 13.2 Å². The molecule has 2 aromatic carbocycles. The lowest BCUT2D eigenvalue weighted by Gasteiger charge is -2.21. The Morgan fingerprint density at radius 3 is 2.29 bits per heavy atom. The first-order valence-electron chi connectivity index (χ1n) is 7.37. The van der Waals surface area contributed by atoms with Gasteiger partial charge in [-0.25, -0.2) is 8.42 Å². The van der Waals surface area contributed by atoms with E-state index >= 15 is 0 Å². The fourth-order valence-electron chi connectivity index (χ4n) is 2.72. The van der Waals surface area contributed by atoms with Gasteiger partial charge in [-0.2, -0.15) is 4.31 Å². The first-order chi connectivity index (χ1) is 11.3. The van der Waals surface area contributed by atoms with Crippen LogP contribution in [0.5, 0.6) is 0 Å². The van der Waals surface area contributed by atoms with Crippen LogP contribution in [-0.4, -0.2) is 25.1 Å². The van der Waals surface area contributed by atoms with E-state index in [2.05, 4.69) is 0 Å². The van der Waals surface area contributed by atoms with Gasteiger partial charge < -0.3 is 0 Å². The van der Waals surface area contributed by atoms with Gasteiger partial charge in [-0.05, 0) is 36.8 Å². The van der Waals surface area contributed by atoms with Gasteiger partial charge in [0.25, 0.3) is 0 Å². The zero-order valence-electron chi connectivity index (χ0n) is 12.9. The third kappa shape index (κ3) is 3.09. The summed E-state index contributed by atoms with van der Waals surface area (Å²) in [5.74, 6) is -0.195. The van der Waals surface area contributed by atoms with E-state index < -0.39 is 10.0 Å². The van der Waals surface area contributed by atoms with Crippen LogP contribution in [0.4, 0.5) is 0 Å². The Bertz CT molecular complexity index is 908. The molecule has 0 aromatic heterocycles. The molecular formula is C17H15Cl2NO3S. The normalized spacial score (nSPS) is 15.9. The zero-order chi connectivity index (χ0) is 17.5. The second kappa shape index (κ2) is 6.48. The highest BCUT2D eigenvalue weighted by Crippen LogP contribution is 2.33. The summed E-state index contributed by atoms with van der Waals surface area (Å²) < 4.78 is 27.1. The molecular weight excluding hydrogens is 369 g/mol. The van der Waals surface area contributed by atoms with E-state index in [1.807, 2.05) is 6.92 Å². The lowest BCUT2D eigenvalue weighted by molar-refractivity contribution is 0.0981. The Morgan fingerprint density at radius 1 is 1.00 bits per heavy atom. The summed E-state index contributed by atoms with van der Waals surface area (Å²) in [5, 5.41) is 0.641. The Hall–Kier alpha value is -1.40. The number of hydrogen-bond acceptors (Lipinski definition) is 3. The number of sulfonamides is 1. The maximum Gasteiger partial charge on any atom is 0.243 e. The van der Waals surface area contributed by atoms with Crippen molar-refractivity contribution >= 4 is 39.0 Å². The number of rotatable bonds is 2. The second-order valence-corrected chi connectivity index (χ2v) is 8.46. The molecule has 7 heteroatoms. The largest absolute Gasteiger partial charge is 0.294 e. The molecule has 0 amide bonds.